The predicted octanol–water partition coefficient (Wildman–Crippen LogP) is 4.36. The molecule has 3 aromatic rings. The Morgan fingerprint density at radius 2 is 1.97 bits per heavy atom. The van der Waals surface area contributed by atoms with Crippen molar-refractivity contribution in [2.45, 2.75) is 33.0 Å². The summed E-state index contributed by atoms with van der Waals surface area (Å²) < 4.78 is 40.0. The third-order valence-electron chi connectivity index (χ3n) is 5.33. The lowest BCUT2D eigenvalue weighted by Crippen LogP contribution is -2.29. The number of benzene rings is 1. The van der Waals surface area contributed by atoms with E-state index in [1.807, 2.05) is 0 Å². The summed E-state index contributed by atoms with van der Waals surface area (Å²) in [5.74, 6) is -3.10. The van der Waals surface area contributed by atoms with Crippen LogP contribution in [0.15, 0.2) is 41.3 Å². The fraction of sp³-hybridized carbons (Fsp3) is 0.304. The van der Waals surface area contributed by atoms with Gasteiger partial charge in [0.15, 0.2) is 11.4 Å². The summed E-state index contributed by atoms with van der Waals surface area (Å²) in [5.41, 5.74) is 0.556. The number of hydrogen-bond acceptors (Lipinski definition) is 6. The van der Waals surface area contributed by atoms with Crippen LogP contribution in [0, 0.1) is 24.2 Å². The summed E-state index contributed by atoms with van der Waals surface area (Å²) in [6, 6.07) is 9.21. The average molecular weight is 473 g/mol. The summed E-state index contributed by atoms with van der Waals surface area (Å²) in [4.78, 5) is 28.9. The van der Waals surface area contributed by atoms with Gasteiger partial charge in [0.1, 0.15) is 11.7 Å². The number of anilines is 2. The van der Waals surface area contributed by atoms with Crippen LogP contribution in [0.25, 0.3) is 5.65 Å². The highest BCUT2D eigenvalue weighted by Crippen LogP contribution is 2.28. The highest BCUT2D eigenvalue weighted by atomic mass is 19.4. The van der Waals surface area contributed by atoms with Gasteiger partial charge in [-0.25, -0.2) is 9.78 Å². The molecule has 0 saturated heterocycles. The van der Waals surface area contributed by atoms with Crippen LogP contribution >= 0.6 is 0 Å². The zero-order valence-electron chi connectivity index (χ0n) is 18.6. The van der Waals surface area contributed by atoms with Gasteiger partial charge in [0, 0.05) is 24.0 Å². The SMILES string of the molecule is Cc1cc([C@@H](C)Nc2ccccc2C(=O)O)c2nc(NCC(C)C(F)(F)F)c(C#N)c(=O)n2c1. The Hall–Kier alpha value is -4.07. The first-order valence-electron chi connectivity index (χ1n) is 10.3. The number of pyridine rings is 1. The number of para-hydroxylation sites is 1. The topological polar surface area (TPSA) is 120 Å². The minimum atomic E-state index is -4.45. The summed E-state index contributed by atoms with van der Waals surface area (Å²) in [5, 5.41) is 24.5. The highest BCUT2D eigenvalue weighted by Gasteiger charge is 2.35. The first kappa shape index (κ1) is 24.6. The molecule has 0 amide bonds. The number of rotatable bonds is 7. The minimum absolute atomic E-state index is 0.0479. The summed E-state index contributed by atoms with van der Waals surface area (Å²) in [6.45, 7) is 3.88. The van der Waals surface area contributed by atoms with Gasteiger partial charge in [0.25, 0.3) is 5.56 Å². The van der Waals surface area contributed by atoms with Crippen LogP contribution in [-0.4, -0.2) is 33.2 Å². The highest BCUT2D eigenvalue weighted by molar-refractivity contribution is 5.94. The van der Waals surface area contributed by atoms with E-state index in [1.165, 1.54) is 16.7 Å². The fourth-order valence-electron chi connectivity index (χ4n) is 3.43. The maximum absolute atomic E-state index is 13.0. The van der Waals surface area contributed by atoms with Crippen molar-refractivity contribution in [2.24, 2.45) is 5.92 Å². The van der Waals surface area contributed by atoms with E-state index in [4.69, 9.17) is 0 Å². The molecule has 0 radical (unpaired) electrons. The number of nitriles is 1. The Bertz CT molecular complexity index is 1340. The van der Waals surface area contributed by atoms with Crippen molar-refractivity contribution in [2.75, 3.05) is 17.2 Å². The first-order chi connectivity index (χ1) is 15.9. The number of hydrogen-bond donors (Lipinski definition) is 3. The molecule has 178 valence electrons. The molecule has 2 heterocycles. The van der Waals surface area contributed by atoms with E-state index in [9.17, 15) is 33.1 Å². The monoisotopic (exact) mass is 473 g/mol. The van der Waals surface area contributed by atoms with Crippen molar-refractivity contribution < 1.29 is 23.1 Å². The van der Waals surface area contributed by atoms with Crippen LogP contribution in [0.3, 0.4) is 0 Å². The largest absolute Gasteiger partial charge is 0.478 e. The Morgan fingerprint density at radius 1 is 1.29 bits per heavy atom. The molecule has 0 aliphatic carbocycles. The zero-order chi connectivity index (χ0) is 25.2. The van der Waals surface area contributed by atoms with Gasteiger partial charge in [-0.05, 0) is 37.6 Å². The first-order valence-corrected chi connectivity index (χ1v) is 10.3. The van der Waals surface area contributed by atoms with Gasteiger partial charge in [0.2, 0.25) is 0 Å². The molecule has 2 atom stereocenters. The number of carboxylic acid groups (broad SMARTS) is 1. The number of carbonyl (C=O) groups is 1. The molecule has 11 heteroatoms. The number of carboxylic acids is 1. The standard InChI is InChI=1S/C23H22F3N5O3/c1-12-8-16(14(3)29-18-7-5-4-6-15(18)22(33)34)20-30-19(28-10-13(2)23(24,25)26)17(9-27)21(32)31(20)11-12/h4-8,11,13-14,28-29H,10H2,1-3H3,(H,33,34)/t13?,14-/m1/s1. The Morgan fingerprint density at radius 3 is 2.59 bits per heavy atom. The molecule has 3 N–H and O–H groups in total. The van der Waals surface area contributed by atoms with Crippen LogP contribution in [0.2, 0.25) is 0 Å². The second kappa shape index (κ2) is 9.43. The smallest absolute Gasteiger partial charge is 0.393 e. The van der Waals surface area contributed by atoms with Crippen LogP contribution in [0.1, 0.15) is 46.9 Å². The van der Waals surface area contributed by atoms with E-state index < -0.39 is 41.8 Å². The number of aryl methyl sites for hydroxylation is 1. The lowest BCUT2D eigenvalue weighted by Gasteiger charge is -2.21. The van der Waals surface area contributed by atoms with E-state index in [1.54, 1.807) is 44.2 Å². The molecule has 2 aromatic heterocycles. The van der Waals surface area contributed by atoms with Crippen LogP contribution in [-0.2, 0) is 0 Å². The molecule has 0 spiro atoms. The number of nitrogens with zero attached hydrogens (tertiary/aromatic N) is 3. The van der Waals surface area contributed by atoms with E-state index in [0.717, 1.165) is 6.92 Å². The van der Waals surface area contributed by atoms with Crippen molar-refractivity contribution in [3.63, 3.8) is 0 Å². The molecular formula is C23H22F3N5O3. The van der Waals surface area contributed by atoms with Crippen LogP contribution < -0.4 is 16.2 Å². The molecule has 1 unspecified atom stereocenters. The minimum Gasteiger partial charge on any atom is -0.478 e. The number of aromatic nitrogens is 2. The van der Waals surface area contributed by atoms with Gasteiger partial charge < -0.3 is 15.7 Å². The summed E-state index contributed by atoms with van der Waals surface area (Å²) in [7, 11) is 0. The lowest BCUT2D eigenvalue weighted by molar-refractivity contribution is -0.165. The Labute approximate surface area is 192 Å². The van der Waals surface area contributed by atoms with Gasteiger partial charge in [-0.2, -0.15) is 18.4 Å². The van der Waals surface area contributed by atoms with Gasteiger partial charge in [-0.15, -0.1) is 0 Å². The molecule has 1 aromatic carbocycles. The van der Waals surface area contributed by atoms with Crippen molar-refractivity contribution in [3.05, 3.63) is 69.1 Å². The van der Waals surface area contributed by atoms with Gasteiger partial charge in [-0.3, -0.25) is 9.20 Å². The van der Waals surface area contributed by atoms with E-state index in [-0.39, 0.29) is 17.0 Å². The number of halogens is 3. The van der Waals surface area contributed by atoms with Crippen LogP contribution in [0.4, 0.5) is 24.7 Å². The molecule has 0 bridgehead atoms. The lowest BCUT2D eigenvalue weighted by atomic mass is 10.1. The van der Waals surface area contributed by atoms with Crippen LogP contribution in [0.5, 0.6) is 0 Å². The van der Waals surface area contributed by atoms with E-state index in [0.29, 0.717) is 16.8 Å². The second-order valence-corrected chi connectivity index (χ2v) is 7.96. The summed E-state index contributed by atoms with van der Waals surface area (Å²) in [6.07, 6.45) is -2.97. The Balaban J connectivity index is 2.11. The molecule has 0 saturated carbocycles. The second-order valence-electron chi connectivity index (χ2n) is 7.96. The van der Waals surface area contributed by atoms with Gasteiger partial charge in [0.05, 0.1) is 17.5 Å². The number of alkyl halides is 3. The van der Waals surface area contributed by atoms with Gasteiger partial charge in [-0.1, -0.05) is 19.1 Å². The quantitative estimate of drug-likeness (QED) is 0.467. The fourth-order valence-corrected chi connectivity index (χ4v) is 3.43. The van der Waals surface area contributed by atoms with Gasteiger partial charge >= 0.3 is 12.1 Å². The molecule has 3 rings (SSSR count). The van der Waals surface area contributed by atoms with Crippen molar-refractivity contribution in [3.8, 4) is 6.07 Å². The predicted molar refractivity (Wildman–Crippen MR) is 120 cm³/mol. The van der Waals surface area contributed by atoms with Crippen molar-refractivity contribution in [1.29, 1.82) is 5.26 Å². The van der Waals surface area contributed by atoms with E-state index >= 15 is 0 Å². The third kappa shape index (κ3) is 4.96. The Kier molecular flexibility index (Phi) is 6.81. The zero-order valence-corrected chi connectivity index (χ0v) is 18.6. The van der Waals surface area contributed by atoms with Crippen molar-refractivity contribution in [1.82, 2.24) is 9.38 Å². The molecule has 34 heavy (non-hydrogen) atoms. The maximum Gasteiger partial charge on any atom is 0.393 e. The van der Waals surface area contributed by atoms with Crippen molar-refractivity contribution >= 4 is 23.1 Å². The number of aromatic carboxylic acids is 1. The molecule has 0 fully saturated rings. The summed E-state index contributed by atoms with van der Waals surface area (Å²) >= 11 is 0. The number of nitrogens with one attached hydrogen (secondary N) is 2. The third-order valence-corrected chi connectivity index (χ3v) is 5.33. The molecular weight excluding hydrogens is 451 g/mol. The molecule has 0 aliphatic rings. The van der Waals surface area contributed by atoms with E-state index in [2.05, 4.69) is 15.6 Å². The maximum atomic E-state index is 13.0. The average Bonchev–Trinajstić information content (AvgIpc) is 2.77. The normalized spacial score (nSPS) is 13.2. The molecule has 8 nitrogen and oxygen atoms in total. The molecule has 0 aliphatic heterocycles. The number of fused-ring (bicyclic) bond motifs is 1.